The minimum Gasteiger partial charge on any atom is -0.465 e. The molecule has 2 fully saturated rings. The Labute approximate surface area is 193 Å². The standard InChI is InChI=1S/C23H28N4O5S/c1-16-8-9-20(32-16)19(26-11-13-31-14-12-26)15-24-23(28)18-6-4-10-27(18)22-17-5-2-3-7-21(17)33(29,30)25-22/h2-3,5,7-9,18-19H,4,6,10-15H2,1H3,(H,24,28)/t18-,19?/m0/s1. The van der Waals surface area contributed by atoms with Crippen LogP contribution in [0.25, 0.3) is 0 Å². The van der Waals surface area contributed by atoms with Gasteiger partial charge in [-0.25, -0.2) is 0 Å². The number of sulfonamides is 1. The fourth-order valence-electron chi connectivity index (χ4n) is 4.83. The fraction of sp³-hybridized carbons (Fsp3) is 0.478. The highest BCUT2D eigenvalue weighted by atomic mass is 32.2. The van der Waals surface area contributed by atoms with Crippen LogP contribution in [0.2, 0.25) is 0 Å². The maximum atomic E-state index is 13.3. The zero-order valence-corrected chi connectivity index (χ0v) is 19.4. The molecule has 1 amide bonds. The van der Waals surface area contributed by atoms with E-state index in [2.05, 4.69) is 14.6 Å². The van der Waals surface area contributed by atoms with Crippen LogP contribution in [0.4, 0.5) is 0 Å². The van der Waals surface area contributed by atoms with Gasteiger partial charge < -0.3 is 19.4 Å². The van der Waals surface area contributed by atoms with E-state index in [-0.39, 0.29) is 16.8 Å². The molecule has 1 unspecified atom stereocenters. The maximum Gasteiger partial charge on any atom is 0.285 e. The topological polar surface area (TPSA) is 104 Å². The van der Waals surface area contributed by atoms with E-state index in [1.165, 1.54) is 0 Å². The fourth-order valence-corrected chi connectivity index (χ4v) is 6.05. The number of carbonyl (C=O) groups excluding carboxylic acids is 1. The molecule has 1 N–H and O–H groups in total. The molecule has 0 spiro atoms. The van der Waals surface area contributed by atoms with E-state index < -0.39 is 16.1 Å². The van der Waals surface area contributed by atoms with Crippen molar-refractivity contribution in [3.05, 3.63) is 53.5 Å². The lowest BCUT2D eigenvalue weighted by atomic mass is 10.1. The summed E-state index contributed by atoms with van der Waals surface area (Å²) >= 11 is 0. The van der Waals surface area contributed by atoms with Gasteiger partial charge in [-0.3, -0.25) is 9.69 Å². The van der Waals surface area contributed by atoms with Crippen LogP contribution in [0.1, 0.15) is 36.0 Å². The molecule has 2 aromatic rings. The number of amidine groups is 1. The normalized spacial score (nSPS) is 23.2. The Bertz CT molecular complexity index is 1170. The van der Waals surface area contributed by atoms with Gasteiger partial charge in [-0.05, 0) is 44.0 Å². The molecular weight excluding hydrogens is 444 g/mol. The summed E-state index contributed by atoms with van der Waals surface area (Å²) in [6.45, 7) is 5.72. The van der Waals surface area contributed by atoms with Crippen LogP contribution in [-0.4, -0.2) is 75.4 Å². The SMILES string of the molecule is Cc1ccc(C(CNC(=O)[C@@H]2CCCN2C2=NS(=O)(=O)c3ccccc32)N2CCOCC2)o1. The van der Waals surface area contributed by atoms with Gasteiger partial charge in [0.2, 0.25) is 5.91 Å². The molecule has 0 aliphatic carbocycles. The number of aryl methyl sites for hydroxylation is 1. The molecular formula is C23H28N4O5S. The number of rotatable bonds is 5. The number of hydrogen-bond acceptors (Lipinski definition) is 7. The Morgan fingerprint density at radius 2 is 1.97 bits per heavy atom. The predicted octanol–water partition coefficient (Wildman–Crippen LogP) is 1.69. The quantitative estimate of drug-likeness (QED) is 0.706. The molecule has 176 valence electrons. The summed E-state index contributed by atoms with van der Waals surface area (Å²) in [6.07, 6.45) is 1.44. The van der Waals surface area contributed by atoms with E-state index in [0.29, 0.717) is 44.1 Å². The molecule has 0 saturated carbocycles. The first-order valence-corrected chi connectivity index (χ1v) is 12.7. The second-order valence-electron chi connectivity index (χ2n) is 8.60. The number of nitrogens with one attached hydrogen (secondary N) is 1. The van der Waals surface area contributed by atoms with Crippen molar-refractivity contribution >= 4 is 21.8 Å². The van der Waals surface area contributed by atoms with Crippen LogP contribution >= 0.6 is 0 Å². The largest absolute Gasteiger partial charge is 0.465 e. The Morgan fingerprint density at radius 3 is 2.73 bits per heavy atom. The molecule has 2 saturated heterocycles. The van der Waals surface area contributed by atoms with E-state index in [1.807, 2.05) is 24.0 Å². The van der Waals surface area contributed by atoms with Gasteiger partial charge in [0.25, 0.3) is 10.0 Å². The van der Waals surface area contributed by atoms with Gasteiger partial charge in [0, 0.05) is 31.7 Å². The van der Waals surface area contributed by atoms with Gasteiger partial charge in [-0.15, -0.1) is 4.40 Å². The Morgan fingerprint density at radius 1 is 1.18 bits per heavy atom. The van der Waals surface area contributed by atoms with Gasteiger partial charge >= 0.3 is 0 Å². The minimum absolute atomic E-state index is 0.0914. The van der Waals surface area contributed by atoms with Crippen LogP contribution in [-0.2, 0) is 19.6 Å². The number of hydrogen-bond donors (Lipinski definition) is 1. The van der Waals surface area contributed by atoms with Crippen molar-refractivity contribution in [1.82, 2.24) is 15.1 Å². The first-order chi connectivity index (χ1) is 15.9. The van der Waals surface area contributed by atoms with E-state index in [9.17, 15) is 13.2 Å². The number of carbonyl (C=O) groups is 1. The van der Waals surface area contributed by atoms with Crippen LogP contribution in [0.3, 0.4) is 0 Å². The van der Waals surface area contributed by atoms with E-state index in [1.54, 1.807) is 24.3 Å². The van der Waals surface area contributed by atoms with Crippen LogP contribution in [0.5, 0.6) is 0 Å². The van der Waals surface area contributed by atoms with Gasteiger partial charge in [-0.2, -0.15) is 8.42 Å². The van der Waals surface area contributed by atoms with Crippen LogP contribution < -0.4 is 5.32 Å². The first kappa shape index (κ1) is 22.1. The van der Waals surface area contributed by atoms with E-state index >= 15 is 0 Å². The molecule has 33 heavy (non-hydrogen) atoms. The smallest absolute Gasteiger partial charge is 0.285 e. The molecule has 0 radical (unpaired) electrons. The number of ether oxygens (including phenoxy) is 1. The molecule has 9 nitrogen and oxygen atoms in total. The summed E-state index contributed by atoms with van der Waals surface area (Å²) in [7, 11) is -3.73. The third kappa shape index (κ3) is 4.30. The number of benzene rings is 1. The monoisotopic (exact) mass is 472 g/mol. The Kier molecular flexibility index (Phi) is 5.98. The summed E-state index contributed by atoms with van der Waals surface area (Å²) in [4.78, 5) is 17.6. The van der Waals surface area contributed by atoms with Crippen molar-refractivity contribution < 1.29 is 22.4 Å². The zero-order chi connectivity index (χ0) is 23.0. The Hall–Kier alpha value is -2.69. The highest BCUT2D eigenvalue weighted by molar-refractivity contribution is 7.90. The summed E-state index contributed by atoms with van der Waals surface area (Å²) in [6, 6.07) is 10.1. The molecule has 3 aliphatic heterocycles. The van der Waals surface area contributed by atoms with Crippen molar-refractivity contribution in [3.8, 4) is 0 Å². The number of likely N-dealkylation sites (tertiary alicyclic amines) is 1. The second kappa shape index (κ2) is 8.92. The van der Waals surface area contributed by atoms with Crippen molar-refractivity contribution in [2.45, 2.75) is 36.7 Å². The van der Waals surface area contributed by atoms with Gasteiger partial charge in [0.1, 0.15) is 22.5 Å². The highest BCUT2D eigenvalue weighted by Crippen LogP contribution is 2.31. The molecule has 10 heteroatoms. The number of furan rings is 1. The third-order valence-electron chi connectivity index (χ3n) is 6.49. The molecule has 2 atom stereocenters. The number of nitrogens with zero attached hydrogens (tertiary/aromatic N) is 3. The van der Waals surface area contributed by atoms with Gasteiger partial charge in [0.15, 0.2) is 5.84 Å². The summed E-state index contributed by atoms with van der Waals surface area (Å²) < 4.78 is 40.4. The van der Waals surface area contributed by atoms with Crippen molar-refractivity contribution in [2.75, 3.05) is 39.4 Å². The average Bonchev–Trinajstić information content (AvgIpc) is 3.53. The maximum absolute atomic E-state index is 13.3. The van der Waals surface area contributed by atoms with E-state index in [4.69, 9.17) is 9.15 Å². The summed E-state index contributed by atoms with van der Waals surface area (Å²) in [5.41, 5.74) is 0.564. The van der Waals surface area contributed by atoms with E-state index in [0.717, 1.165) is 31.0 Å². The molecule has 4 heterocycles. The lowest BCUT2D eigenvalue weighted by Crippen LogP contribution is -2.49. The molecule has 3 aliphatic rings. The van der Waals surface area contributed by atoms with Crippen molar-refractivity contribution in [2.24, 2.45) is 4.40 Å². The minimum atomic E-state index is -3.73. The van der Waals surface area contributed by atoms with Gasteiger partial charge in [-0.1, -0.05) is 12.1 Å². The zero-order valence-electron chi connectivity index (χ0n) is 18.6. The van der Waals surface area contributed by atoms with Crippen molar-refractivity contribution in [3.63, 3.8) is 0 Å². The Balaban J connectivity index is 1.33. The predicted molar refractivity (Wildman–Crippen MR) is 121 cm³/mol. The number of amides is 1. The van der Waals surface area contributed by atoms with Crippen LogP contribution in [0.15, 0.2) is 50.1 Å². The lowest BCUT2D eigenvalue weighted by molar-refractivity contribution is -0.124. The third-order valence-corrected chi connectivity index (χ3v) is 7.81. The highest BCUT2D eigenvalue weighted by Gasteiger charge is 2.39. The summed E-state index contributed by atoms with van der Waals surface area (Å²) in [5.74, 6) is 1.89. The first-order valence-electron chi connectivity index (χ1n) is 11.3. The van der Waals surface area contributed by atoms with Crippen LogP contribution in [0, 0.1) is 6.92 Å². The second-order valence-corrected chi connectivity index (χ2v) is 10.2. The lowest BCUT2D eigenvalue weighted by Gasteiger charge is -2.34. The number of fused-ring (bicyclic) bond motifs is 1. The molecule has 1 aromatic carbocycles. The average molecular weight is 473 g/mol. The van der Waals surface area contributed by atoms with Gasteiger partial charge in [0.05, 0.1) is 19.3 Å². The molecule has 5 rings (SSSR count). The van der Waals surface area contributed by atoms with Crippen molar-refractivity contribution in [1.29, 1.82) is 0 Å². The molecule has 1 aromatic heterocycles. The number of morpholine rings is 1. The molecule has 0 bridgehead atoms. The summed E-state index contributed by atoms with van der Waals surface area (Å²) in [5, 5.41) is 3.10.